The highest BCUT2D eigenvalue weighted by atomic mass is 16.1. The van der Waals surface area contributed by atoms with Gasteiger partial charge in [-0.2, -0.15) is 0 Å². The van der Waals surface area contributed by atoms with Gasteiger partial charge in [0.05, 0.1) is 5.52 Å². The summed E-state index contributed by atoms with van der Waals surface area (Å²) in [4.78, 5) is 14.9. The van der Waals surface area contributed by atoms with E-state index in [-0.39, 0.29) is 0 Å². The van der Waals surface area contributed by atoms with E-state index in [1.165, 1.54) is 0 Å². The summed E-state index contributed by atoms with van der Waals surface area (Å²) < 4.78 is 0. The fraction of sp³-hybridized carbons (Fsp3) is 0. The molecule has 0 aliphatic rings. The van der Waals surface area contributed by atoms with Crippen molar-refractivity contribution in [2.45, 2.75) is 0 Å². The number of carbonyl (C=O) groups excluding carboxylic acids is 1. The minimum absolute atomic E-state index is 0.340. The Labute approximate surface area is 105 Å². The van der Waals surface area contributed by atoms with Crippen LogP contribution < -0.4 is 0 Å². The highest BCUT2D eigenvalue weighted by Crippen LogP contribution is 2.23. The molecule has 0 fully saturated rings. The van der Waals surface area contributed by atoms with Gasteiger partial charge in [-0.1, -0.05) is 48.5 Å². The molecule has 1 aromatic heterocycles. The lowest BCUT2D eigenvalue weighted by Gasteiger charge is -2.03. The standard InChI is InChI=1S/C16H10NO/c18-11-15-9-8-13-6-7-14(10-16(13)17-15)12-4-2-1-3-5-12/h1-10H. The van der Waals surface area contributed by atoms with Crippen molar-refractivity contribution in [1.29, 1.82) is 0 Å². The van der Waals surface area contributed by atoms with Crippen LogP contribution in [0.25, 0.3) is 22.0 Å². The Morgan fingerprint density at radius 2 is 1.61 bits per heavy atom. The van der Waals surface area contributed by atoms with E-state index in [1.54, 1.807) is 6.07 Å². The van der Waals surface area contributed by atoms with Crippen molar-refractivity contribution in [2.75, 3.05) is 0 Å². The van der Waals surface area contributed by atoms with E-state index in [4.69, 9.17) is 0 Å². The van der Waals surface area contributed by atoms with E-state index in [2.05, 4.69) is 23.2 Å². The van der Waals surface area contributed by atoms with Crippen LogP contribution in [0.4, 0.5) is 0 Å². The van der Waals surface area contributed by atoms with E-state index in [9.17, 15) is 4.79 Å². The first kappa shape index (κ1) is 10.7. The van der Waals surface area contributed by atoms with Gasteiger partial charge in [-0.05, 0) is 23.3 Å². The van der Waals surface area contributed by atoms with Crippen LogP contribution in [0, 0.1) is 0 Å². The summed E-state index contributed by atoms with van der Waals surface area (Å²) in [5, 5.41) is 1.02. The maximum atomic E-state index is 10.6. The van der Waals surface area contributed by atoms with Gasteiger partial charge in [0.1, 0.15) is 5.69 Å². The Bertz CT molecular complexity index is 705. The Morgan fingerprint density at radius 3 is 2.39 bits per heavy atom. The van der Waals surface area contributed by atoms with E-state index < -0.39 is 0 Å². The zero-order chi connectivity index (χ0) is 12.4. The van der Waals surface area contributed by atoms with Gasteiger partial charge in [0.2, 0.25) is 0 Å². The van der Waals surface area contributed by atoms with Crippen LogP contribution in [0.1, 0.15) is 5.69 Å². The smallest absolute Gasteiger partial charge is 0.253 e. The fourth-order valence-corrected chi connectivity index (χ4v) is 1.98. The van der Waals surface area contributed by atoms with Crippen molar-refractivity contribution >= 4 is 17.2 Å². The van der Waals surface area contributed by atoms with E-state index in [1.807, 2.05) is 42.7 Å². The Hall–Kier alpha value is -2.48. The van der Waals surface area contributed by atoms with E-state index in [0.717, 1.165) is 22.0 Å². The molecule has 85 valence electrons. The largest absolute Gasteiger partial charge is 0.283 e. The SMILES string of the molecule is O=[C]c1ccc2ccc(-c3ccccc3)cc2n1. The number of rotatable bonds is 2. The van der Waals surface area contributed by atoms with Gasteiger partial charge in [-0.3, -0.25) is 4.79 Å². The molecule has 0 aliphatic heterocycles. The molecule has 0 amide bonds. The lowest BCUT2D eigenvalue weighted by Crippen LogP contribution is -1.88. The third-order valence-electron chi connectivity index (χ3n) is 2.90. The summed E-state index contributed by atoms with van der Waals surface area (Å²) in [5.41, 5.74) is 3.39. The highest BCUT2D eigenvalue weighted by Gasteiger charge is 2.01. The molecule has 0 atom stereocenters. The number of hydrogen-bond acceptors (Lipinski definition) is 2. The van der Waals surface area contributed by atoms with Crippen molar-refractivity contribution < 1.29 is 4.79 Å². The van der Waals surface area contributed by atoms with Gasteiger partial charge in [0, 0.05) is 5.39 Å². The first-order valence-electron chi connectivity index (χ1n) is 5.71. The quantitative estimate of drug-likeness (QED) is 0.678. The minimum Gasteiger partial charge on any atom is -0.283 e. The average Bonchev–Trinajstić information content (AvgIpc) is 2.47. The van der Waals surface area contributed by atoms with Gasteiger partial charge in [-0.15, -0.1) is 0 Å². The normalized spacial score (nSPS) is 10.4. The molecule has 2 aromatic carbocycles. The third kappa shape index (κ3) is 1.89. The van der Waals surface area contributed by atoms with Crippen molar-refractivity contribution in [2.24, 2.45) is 0 Å². The fourth-order valence-electron chi connectivity index (χ4n) is 1.98. The van der Waals surface area contributed by atoms with Crippen molar-refractivity contribution in [3.63, 3.8) is 0 Å². The zero-order valence-electron chi connectivity index (χ0n) is 9.63. The Morgan fingerprint density at radius 1 is 0.833 bits per heavy atom. The number of fused-ring (bicyclic) bond motifs is 1. The molecule has 3 rings (SSSR count). The van der Waals surface area contributed by atoms with Crippen LogP contribution in [-0.2, 0) is 4.79 Å². The van der Waals surface area contributed by atoms with Gasteiger partial charge >= 0.3 is 0 Å². The Balaban J connectivity index is 2.18. The molecule has 0 aliphatic carbocycles. The number of aromatic nitrogens is 1. The lowest BCUT2D eigenvalue weighted by molar-refractivity contribution is 0.561. The molecule has 0 unspecified atom stereocenters. The van der Waals surface area contributed by atoms with Crippen molar-refractivity contribution in [3.8, 4) is 11.1 Å². The summed E-state index contributed by atoms with van der Waals surface area (Å²) >= 11 is 0. The monoisotopic (exact) mass is 232 g/mol. The van der Waals surface area contributed by atoms with Crippen LogP contribution in [-0.4, -0.2) is 11.3 Å². The highest BCUT2D eigenvalue weighted by molar-refractivity contribution is 5.87. The molecular weight excluding hydrogens is 222 g/mol. The number of hydrogen-bond donors (Lipinski definition) is 0. The molecule has 0 N–H and O–H groups in total. The summed E-state index contributed by atoms with van der Waals surface area (Å²) in [6.45, 7) is 0. The van der Waals surface area contributed by atoms with Crippen molar-refractivity contribution in [1.82, 2.24) is 4.98 Å². The molecular formula is C16H10NO. The van der Waals surface area contributed by atoms with E-state index in [0.29, 0.717) is 5.69 Å². The summed E-state index contributed by atoms with van der Waals surface area (Å²) in [6, 6.07) is 19.7. The first-order chi connectivity index (χ1) is 8.86. The molecule has 2 nitrogen and oxygen atoms in total. The van der Waals surface area contributed by atoms with Gasteiger partial charge in [0.25, 0.3) is 6.29 Å². The number of nitrogens with zero attached hydrogens (tertiary/aromatic N) is 1. The molecule has 0 bridgehead atoms. The molecule has 1 radical (unpaired) electrons. The van der Waals surface area contributed by atoms with E-state index >= 15 is 0 Å². The molecule has 0 saturated heterocycles. The molecule has 2 heteroatoms. The molecule has 0 saturated carbocycles. The maximum absolute atomic E-state index is 10.6. The lowest BCUT2D eigenvalue weighted by atomic mass is 10.0. The number of pyridine rings is 1. The third-order valence-corrected chi connectivity index (χ3v) is 2.90. The van der Waals surface area contributed by atoms with Gasteiger partial charge in [-0.25, -0.2) is 4.98 Å². The van der Waals surface area contributed by atoms with Gasteiger partial charge < -0.3 is 0 Å². The van der Waals surface area contributed by atoms with Crippen LogP contribution >= 0.6 is 0 Å². The average molecular weight is 232 g/mol. The molecule has 3 aromatic rings. The van der Waals surface area contributed by atoms with Crippen LogP contribution in [0.2, 0.25) is 0 Å². The summed E-state index contributed by atoms with van der Waals surface area (Å²) in [7, 11) is 0. The zero-order valence-corrected chi connectivity index (χ0v) is 9.63. The molecule has 1 heterocycles. The molecule has 18 heavy (non-hydrogen) atoms. The maximum Gasteiger partial charge on any atom is 0.253 e. The second kappa shape index (κ2) is 4.41. The second-order valence-electron chi connectivity index (χ2n) is 4.07. The van der Waals surface area contributed by atoms with Crippen molar-refractivity contribution in [3.05, 3.63) is 66.4 Å². The summed E-state index contributed by atoms with van der Waals surface area (Å²) in [5.74, 6) is 0. The summed E-state index contributed by atoms with van der Waals surface area (Å²) in [6.07, 6.45) is 1.82. The van der Waals surface area contributed by atoms with Crippen LogP contribution in [0.3, 0.4) is 0 Å². The number of benzene rings is 2. The minimum atomic E-state index is 0.340. The predicted octanol–water partition coefficient (Wildman–Crippen LogP) is 3.36. The topological polar surface area (TPSA) is 30.0 Å². The first-order valence-corrected chi connectivity index (χ1v) is 5.71. The Kier molecular flexibility index (Phi) is 2.61. The molecule has 0 spiro atoms. The second-order valence-corrected chi connectivity index (χ2v) is 4.07. The van der Waals surface area contributed by atoms with Crippen LogP contribution in [0.15, 0.2) is 60.7 Å². The van der Waals surface area contributed by atoms with Crippen LogP contribution in [0.5, 0.6) is 0 Å². The van der Waals surface area contributed by atoms with Gasteiger partial charge in [0.15, 0.2) is 0 Å². The predicted molar refractivity (Wildman–Crippen MR) is 72.0 cm³/mol.